The molecule has 0 unspecified atom stereocenters. The van der Waals surface area contributed by atoms with E-state index in [1.807, 2.05) is 30.5 Å². The molecule has 1 heterocycles. The number of rotatable bonds is 14. The van der Waals surface area contributed by atoms with Gasteiger partial charge in [-0.3, -0.25) is 4.98 Å². The Bertz CT molecular complexity index is 1410. The predicted octanol–water partition coefficient (Wildman–Crippen LogP) is 4.74. The molecule has 0 spiro atoms. The maximum absolute atomic E-state index is 13.2. The first kappa shape index (κ1) is 28.0. The van der Waals surface area contributed by atoms with E-state index in [1.165, 1.54) is 17.4 Å². The average molecular weight is 572 g/mol. The molecule has 0 amide bonds. The van der Waals surface area contributed by atoms with Crippen molar-refractivity contribution >= 4 is 21.6 Å². The van der Waals surface area contributed by atoms with Crippen molar-refractivity contribution in [1.82, 2.24) is 9.29 Å². The number of benzene rings is 2. The molecule has 2 aromatic carbocycles. The number of sulfonamides is 1. The molecule has 1 aromatic heterocycles. The van der Waals surface area contributed by atoms with Gasteiger partial charge in [0.2, 0.25) is 10.0 Å². The molecule has 2 saturated carbocycles. The minimum Gasteiger partial charge on any atom is -0.490 e. The molecule has 0 atom stereocenters. The molecule has 208 valence electrons. The third-order valence-corrected chi connectivity index (χ3v) is 9.27. The maximum Gasteiger partial charge on any atom is 0.242 e. The Morgan fingerprint density at radius 3 is 2.64 bits per heavy atom. The van der Waals surface area contributed by atoms with Gasteiger partial charge in [-0.15, -0.1) is 0 Å². The van der Waals surface area contributed by atoms with Crippen molar-refractivity contribution in [1.29, 1.82) is 0 Å². The van der Waals surface area contributed by atoms with E-state index >= 15 is 0 Å². The largest absolute Gasteiger partial charge is 0.490 e. The van der Waals surface area contributed by atoms with Gasteiger partial charge in [-0.1, -0.05) is 29.8 Å². The smallest absolute Gasteiger partial charge is 0.242 e. The summed E-state index contributed by atoms with van der Waals surface area (Å²) < 4.78 is 45.6. The number of aromatic nitrogens is 1. The zero-order valence-corrected chi connectivity index (χ0v) is 23.6. The Balaban J connectivity index is 1.34. The molecule has 39 heavy (non-hydrogen) atoms. The summed E-state index contributed by atoms with van der Waals surface area (Å²) in [6.07, 6.45) is 7.75. The van der Waals surface area contributed by atoms with Gasteiger partial charge in [0.1, 0.15) is 5.75 Å². The summed E-state index contributed by atoms with van der Waals surface area (Å²) in [5.41, 5.74) is 8.55. The second-order valence-corrected chi connectivity index (χ2v) is 12.5. The standard InChI is InChI=1S/C29H34ClN3O5S/c1-33(15-17-36-16-13-31)39(34,35)23-8-9-27(30)21(18-23)20-37-29(11-12-29)26-19-32-14-10-24(26)25-4-2-3-5-28(25)38-22-6-7-22/h2-5,8-10,14,18-19,22H,6-7,11-13,15-17,20,31H2,1H3. The number of nitrogens with zero attached hydrogens (tertiary/aromatic N) is 2. The number of ether oxygens (including phenoxy) is 3. The first-order valence-corrected chi connectivity index (χ1v) is 15.0. The van der Waals surface area contributed by atoms with E-state index in [1.54, 1.807) is 18.3 Å². The zero-order valence-electron chi connectivity index (χ0n) is 22.0. The number of para-hydroxylation sites is 1. The lowest BCUT2D eigenvalue weighted by molar-refractivity contribution is 0.0173. The number of hydrogen-bond acceptors (Lipinski definition) is 7. The highest BCUT2D eigenvalue weighted by atomic mass is 35.5. The predicted molar refractivity (Wildman–Crippen MR) is 150 cm³/mol. The molecule has 2 aliphatic rings. The Morgan fingerprint density at radius 2 is 1.90 bits per heavy atom. The van der Waals surface area contributed by atoms with E-state index < -0.39 is 15.6 Å². The van der Waals surface area contributed by atoms with E-state index in [0.29, 0.717) is 23.7 Å². The van der Waals surface area contributed by atoms with Gasteiger partial charge in [-0.05, 0) is 67.1 Å². The van der Waals surface area contributed by atoms with E-state index in [4.69, 9.17) is 31.5 Å². The van der Waals surface area contributed by atoms with Crippen LogP contribution in [0.15, 0.2) is 65.8 Å². The fourth-order valence-corrected chi connectivity index (χ4v) is 5.85. The minimum atomic E-state index is -3.72. The molecule has 2 fully saturated rings. The Hall–Kier alpha value is -2.53. The summed E-state index contributed by atoms with van der Waals surface area (Å²) >= 11 is 6.49. The molecule has 2 N–H and O–H groups in total. The van der Waals surface area contributed by atoms with Crippen LogP contribution in [0.1, 0.15) is 36.8 Å². The van der Waals surface area contributed by atoms with Crippen molar-refractivity contribution in [3.8, 4) is 16.9 Å². The van der Waals surface area contributed by atoms with Crippen LogP contribution < -0.4 is 10.5 Å². The highest BCUT2D eigenvalue weighted by Crippen LogP contribution is 2.53. The number of nitrogens with two attached hydrogens (primary N) is 1. The number of likely N-dealkylation sites (N-methyl/N-ethyl adjacent to an activating group) is 1. The fraction of sp³-hybridized carbons (Fsp3) is 0.414. The van der Waals surface area contributed by atoms with Crippen LogP contribution in [0.2, 0.25) is 5.02 Å². The third kappa shape index (κ3) is 6.45. The van der Waals surface area contributed by atoms with Crippen LogP contribution in [-0.2, 0) is 31.7 Å². The topological polar surface area (TPSA) is 104 Å². The van der Waals surface area contributed by atoms with Gasteiger partial charge < -0.3 is 19.9 Å². The van der Waals surface area contributed by atoms with Crippen LogP contribution in [0.3, 0.4) is 0 Å². The normalized spacial score (nSPS) is 16.4. The zero-order chi connectivity index (χ0) is 27.5. The quantitative estimate of drug-likeness (QED) is 0.279. The van der Waals surface area contributed by atoms with Gasteiger partial charge in [0.25, 0.3) is 0 Å². The minimum absolute atomic E-state index is 0.157. The second kappa shape index (κ2) is 11.9. The first-order chi connectivity index (χ1) is 18.8. The van der Waals surface area contributed by atoms with Gasteiger partial charge in [0, 0.05) is 48.7 Å². The average Bonchev–Trinajstić information content (AvgIpc) is 3.88. The molecule has 8 nitrogen and oxygen atoms in total. The van der Waals surface area contributed by atoms with Crippen molar-refractivity contribution in [2.45, 2.75) is 48.9 Å². The molecule has 5 rings (SSSR count). The van der Waals surface area contributed by atoms with Crippen LogP contribution in [0.5, 0.6) is 5.75 Å². The van der Waals surface area contributed by atoms with E-state index in [2.05, 4.69) is 11.1 Å². The van der Waals surface area contributed by atoms with Crippen molar-refractivity contribution < 1.29 is 22.6 Å². The third-order valence-electron chi connectivity index (χ3n) is 7.05. The van der Waals surface area contributed by atoms with Crippen LogP contribution in [0.25, 0.3) is 11.1 Å². The molecule has 3 aromatic rings. The van der Waals surface area contributed by atoms with E-state index in [0.717, 1.165) is 48.1 Å². The van der Waals surface area contributed by atoms with Crippen molar-refractivity contribution in [3.63, 3.8) is 0 Å². The molecule has 0 radical (unpaired) electrons. The SMILES string of the molecule is CN(CCOCCN)S(=O)(=O)c1ccc(Cl)c(COC2(c3cnccc3-c3ccccc3OC3CC3)CC2)c1. The van der Waals surface area contributed by atoms with Crippen LogP contribution >= 0.6 is 11.6 Å². The van der Waals surface area contributed by atoms with Crippen LogP contribution in [0.4, 0.5) is 0 Å². The second-order valence-electron chi connectivity index (χ2n) is 10.00. The summed E-state index contributed by atoms with van der Waals surface area (Å²) in [6.45, 7) is 1.42. The molecular formula is C29H34ClN3O5S. The summed E-state index contributed by atoms with van der Waals surface area (Å²) in [5, 5.41) is 0.452. The number of pyridine rings is 1. The van der Waals surface area contributed by atoms with Crippen molar-refractivity contribution in [2.75, 3.05) is 33.4 Å². The molecule has 2 aliphatic carbocycles. The van der Waals surface area contributed by atoms with Crippen molar-refractivity contribution in [2.24, 2.45) is 5.73 Å². The Labute approximate surface area is 235 Å². The summed E-state index contributed by atoms with van der Waals surface area (Å²) in [5.74, 6) is 0.863. The highest BCUT2D eigenvalue weighted by molar-refractivity contribution is 7.89. The molecule has 10 heteroatoms. The molecule has 0 aliphatic heterocycles. The fourth-order valence-electron chi connectivity index (χ4n) is 4.47. The summed E-state index contributed by atoms with van der Waals surface area (Å²) in [6, 6.07) is 14.8. The Morgan fingerprint density at radius 1 is 1.10 bits per heavy atom. The molecular weight excluding hydrogens is 538 g/mol. The van der Waals surface area contributed by atoms with Gasteiger partial charge in [0.05, 0.1) is 36.4 Å². The first-order valence-electron chi connectivity index (χ1n) is 13.2. The maximum atomic E-state index is 13.2. The Kier molecular flexibility index (Phi) is 8.56. The van der Waals surface area contributed by atoms with Crippen LogP contribution in [-0.4, -0.2) is 57.2 Å². The number of hydrogen-bond donors (Lipinski definition) is 1. The van der Waals surface area contributed by atoms with E-state index in [-0.39, 0.29) is 30.8 Å². The van der Waals surface area contributed by atoms with Gasteiger partial charge >= 0.3 is 0 Å². The monoisotopic (exact) mass is 571 g/mol. The molecule has 0 saturated heterocycles. The van der Waals surface area contributed by atoms with Gasteiger partial charge in [0.15, 0.2) is 0 Å². The lowest BCUT2D eigenvalue weighted by atomic mass is 9.96. The lowest BCUT2D eigenvalue weighted by Crippen LogP contribution is -2.30. The number of halogens is 1. The van der Waals surface area contributed by atoms with Gasteiger partial charge in [-0.2, -0.15) is 4.31 Å². The summed E-state index contributed by atoms with van der Waals surface area (Å²) in [4.78, 5) is 4.56. The lowest BCUT2D eigenvalue weighted by Gasteiger charge is -2.22. The van der Waals surface area contributed by atoms with Gasteiger partial charge in [-0.25, -0.2) is 8.42 Å². The molecule has 0 bridgehead atoms. The van der Waals surface area contributed by atoms with E-state index in [9.17, 15) is 8.42 Å². The highest BCUT2D eigenvalue weighted by Gasteiger charge is 2.48. The van der Waals surface area contributed by atoms with Crippen molar-refractivity contribution in [3.05, 3.63) is 77.1 Å². The summed E-state index contributed by atoms with van der Waals surface area (Å²) in [7, 11) is -2.20. The van der Waals surface area contributed by atoms with Crippen LogP contribution in [0, 0.1) is 0 Å².